The van der Waals surface area contributed by atoms with Gasteiger partial charge >= 0.3 is 0 Å². The number of fused-ring (bicyclic) bond motifs is 11. The van der Waals surface area contributed by atoms with Crippen molar-refractivity contribution in [3.63, 3.8) is 0 Å². The second-order valence-electron chi connectivity index (χ2n) is 18.8. The van der Waals surface area contributed by atoms with Gasteiger partial charge in [-0.2, -0.15) is 12.1 Å². The Kier molecular flexibility index (Phi) is 10.6. The Morgan fingerprint density at radius 1 is 0.457 bits per heavy atom. The Hall–Kier alpha value is -7.98. The van der Waals surface area contributed by atoms with Crippen molar-refractivity contribution < 1.29 is 25.8 Å². The van der Waals surface area contributed by atoms with Gasteiger partial charge in [0.1, 0.15) is 5.65 Å². The molecule has 340 valence electrons. The molecule has 3 aromatic heterocycles. The van der Waals surface area contributed by atoms with E-state index < -0.39 is 0 Å². The van der Waals surface area contributed by atoms with Gasteiger partial charge < -0.3 is 18.9 Å². The van der Waals surface area contributed by atoms with E-state index in [1.807, 2.05) is 30.5 Å². The van der Waals surface area contributed by atoms with Crippen LogP contribution in [0.5, 0.6) is 11.5 Å². The van der Waals surface area contributed by atoms with Crippen molar-refractivity contribution in [2.45, 2.75) is 26.2 Å². The van der Waals surface area contributed by atoms with E-state index in [1.54, 1.807) is 0 Å². The van der Waals surface area contributed by atoms with Crippen LogP contribution in [0.3, 0.4) is 0 Å². The monoisotopic (exact) mass is 1080 g/mol. The first-order valence-corrected chi connectivity index (χ1v) is 23.5. The molecule has 0 saturated carbocycles. The van der Waals surface area contributed by atoms with E-state index in [4.69, 9.17) is 9.72 Å². The Morgan fingerprint density at radius 3 is 1.67 bits per heavy atom. The third-order valence-electron chi connectivity index (χ3n) is 13.6. The van der Waals surface area contributed by atoms with Crippen molar-refractivity contribution in [2.24, 2.45) is 0 Å². The van der Waals surface area contributed by atoms with Gasteiger partial charge in [0, 0.05) is 83.2 Å². The van der Waals surface area contributed by atoms with Crippen LogP contribution in [0.1, 0.15) is 26.3 Å². The van der Waals surface area contributed by atoms with Crippen molar-refractivity contribution in [1.82, 2.24) is 9.38 Å². The van der Waals surface area contributed by atoms with Gasteiger partial charge in [0.2, 0.25) is 0 Å². The van der Waals surface area contributed by atoms with Crippen LogP contribution in [-0.4, -0.2) is 9.38 Å². The zero-order valence-electron chi connectivity index (χ0n) is 38.8. The third kappa shape index (κ3) is 7.06. The fraction of sp³-hybridized carbons (Fsp3) is 0.0625. The summed E-state index contributed by atoms with van der Waals surface area (Å²) in [5.41, 5.74) is 12.7. The average Bonchev–Trinajstić information content (AvgIpc) is 3.95. The van der Waals surface area contributed by atoms with Crippen LogP contribution in [0.15, 0.2) is 212 Å². The Labute approximate surface area is 421 Å². The van der Waals surface area contributed by atoms with E-state index in [9.17, 15) is 0 Å². The van der Waals surface area contributed by atoms with Gasteiger partial charge in [-0.1, -0.05) is 184 Å². The molecule has 1 aliphatic heterocycles. The first-order chi connectivity index (χ1) is 33.9. The number of aromatic nitrogens is 2. The summed E-state index contributed by atoms with van der Waals surface area (Å²) in [4.78, 5) is 9.79. The maximum atomic E-state index is 6.84. The molecule has 6 heteroatoms. The second-order valence-corrected chi connectivity index (χ2v) is 18.8. The molecule has 0 atom stereocenters. The fourth-order valence-corrected chi connectivity index (χ4v) is 10.6. The van der Waals surface area contributed by atoms with Crippen molar-refractivity contribution in [3.8, 4) is 33.8 Å². The number of rotatable bonds is 6. The Morgan fingerprint density at radius 2 is 1.00 bits per heavy atom. The zero-order chi connectivity index (χ0) is 46.2. The van der Waals surface area contributed by atoms with E-state index in [1.165, 1.54) is 21.7 Å². The van der Waals surface area contributed by atoms with Crippen LogP contribution in [0.4, 0.5) is 22.7 Å². The maximum absolute atomic E-state index is 6.84. The quantitative estimate of drug-likeness (QED) is 0.155. The molecule has 1 aliphatic rings. The molecule has 0 radical (unpaired) electrons. The summed E-state index contributed by atoms with van der Waals surface area (Å²) in [6.45, 7) is 9.10. The SMILES string of the molecule is CC(C)(C)c1cccc2c1N(c1c(-c3ccccc3)cccc1-c1ccccc1)[CH-]N2c1[c-]c(Oc2[c-]c3c(cc2)c2cccc4c5ccccc5c5ccccc5c5cccnc5n3c42)ccc1.[Pt]. The zero-order valence-corrected chi connectivity index (χ0v) is 41.1. The molecular weight excluding hydrogens is 1040 g/mol. The summed E-state index contributed by atoms with van der Waals surface area (Å²) < 4.78 is 9.13. The minimum atomic E-state index is -0.158. The minimum Gasteiger partial charge on any atom is -0.509 e. The molecule has 0 spiro atoms. The molecule has 12 aromatic rings. The molecule has 0 unspecified atom stereocenters. The van der Waals surface area contributed by atoms with Crippen LogP contribution < -0.4 is 14.5 Å². The maximum Gasteiger partial charge on any atom is 0.143 e. The summed E-state index contributed by atoms with van der Waals surface area (Å²) in [7, 11) is 0. The van der Waals surface area contributed by atoms with Gasteiger partial charge in [-0.25, -0.2) is 4.98 Å². The Bertz CT molecular complexity index is 3970. The van der Waals surface area contributed by atoms with Crippen molar-refractivity contribution >= 4 is 82.5 Å². The number of benzene rings is 9. The van der Waals surface area contributed by atoms with Gasteiger partial charge in [-0.3, -0.25) is 0 Å². The van der Waals surface area contributed by atoms with Crippen LogP contribution in [-0.2, 0) is 26.5 Å². The standard InChI is InChI=1S/C64H45N4O.Pt/c1-64(2,3)57-34-17-35-58-62(57)67(60-47(42-19-6-4-7-20-42)29-15-30-48(60)43-21-8-5-9-22-43)41-66(58)44-23-14-24-45(39-44)69-46-36-37-53-55-32-16-31-54-51-27-12-10-25-49(51)50-26-11-13-28-52(50)56-33-18-38-65-63(56)68(61(54)55)59(53)40-46;/h4-38,41H,1-3H3;/q-3;. The third-order valence-corrected chi connectivity index (χ3v) is 13.6. The predicted octanol–water partition coefficient (Wildman–Crippen LogP) is 17.1. The van der Waals surface area contributed by atoms with E-state index in [0.29, 0.717) is 11.5 Å². The largest absolute Gasteiger partial charge is 0.509 e. The molecule has 0 amide bonds. The molecule has 5 nitrogen and oxygen atoms in total. The normalized spacial score (nSPS) is 12.6. The molecule has 13 rings (SSSR count). The summed E-state index contributed by atoms with van der Waals surface area (Å²) >= 11 is 0. The summed E-state index contributed by atoms with van der Waals surface area (Å²) in [6, 6.07) is 80.6. The van der Waals surface area contributed by atoms with Crippen LogP contribution >= 0.6 is 0 Å². The predicted molar refractivity (Wildman–Crippen MR) is 287 cm³/mol. The molecule has 0 N–H and O–H groups in total. The molecule has 0 aliphatic carbocycles. The Balaban J connectivity index is 0.00000505. The van der Waals surface area contributed by atoms with Gasteiger partial charge in [0.15, 0.2) is 0 Å². The van der Waals surface area contributed by atoms with Gasteiger partial charge in [-0.05, 0) is 67.2 Å². The van der Waals surface area contributed by atoms with Crippen molar-refractivity contribution in [3.05, 3.63) is 237 Å². The molecule has 0 fully saturated rings. The van der Waals surface area contributed by atoms with Crippen LogP contribution in [0.2, 0.25) is 0 Å². The molecular formula is C64H45N4OPt-3. The van der Waals surface area contributed by atoms with Crippen molar-refractivity contribution in [2.75, 3.05) is 9.80 Å². The average molecular weight is 1080 g/mol. The molecule has 4 heterocycles. The van der Waals surface area contributed by atoms with Gasteiger partial charge in [0.05, 0.1) is 0 Å². The topological polar surface area (TPSA) is 33.0 Å². The summed E-state index contributed by atoms with van der Waals surface area (Å²) in [6.07, 6.45) is 1.88. The smallest absolute Gasteiger partial charge is 0.143 e. The first kappa shape index (κ1) is 43.3. The van der Waals surface area contributed by atoms with Crippen molar-refractivity contribution in [1.29, 1.82) is 0 Å². The van der Waals surface area contributed by atoms with E-state index in [2.05, 4.69) is 236 Å². The van der Waals surface area contributed by atoms with E-state index >= 15 is 0 Å². The number of ether oxygens (including phenoxy) is 1. The number of pyridine rings is 1. The van der Waals surface area contributed by atoms with Crippen LogP contribution in [0.25, 0.3) is 82.0 Å². The van der Waals surface area contributed by atoms with Crippen LogP contribution in [0, 0.1) is 18.8 Å². The number of nitrogens with zero attached hydrogens (tertiary/aromatic N) is 4. The second kappa shape index (κ2) is 17.2. The van der Waals surface area contributed by atoms with Gasteiger partial charge in [0.25, 0.3) is 0 Å². The number of para-hydroxylation sites is 3. The van der Waals surface area contributed by atoms with Gasteiger partial charge in [-0.15, -0.1) is 48.1 Å². The fourth-order valence-electron chi connectivity index (χ4n) is 10.6. The number of hydrogen-bond acceptors (Lipinski definition) is 4. The number of anilines is 4. The first-order valence-electron chi connectivity index (χ1n) is 23.5. The van der Waals surface area contributed by atoms with E-state index in [0.717, 1.165) is 88.6 Å². The molecule has 0 bridgehead atoms. The summed E-state index contributed by atoms with van der Waals surface area (Å²) in [5, 5.41) is 9.04. The number of hydrogen-bond donors (Lipinski definition) is 0. The molecule has 70 heavy (non-hydrogen) atoms. The molecule has 0 saturated heterocycles. The van der Waals surface area contributed by atoms with E-state index in [-0.39, 0.29) is 26.5 Å². The summed E-state index contributed by atoms with van der Waals surface area (Å²) in [5.74, 6) is 1.17. The molecule has 9 aromatic carbocycles. The minimum absolute atomic E-state index is 0.